The molecule has 1 aliphatic rings. The molecular formula is C16H19N5O. The second kappa shape index (κ2) is 6.51. The van der Waals surface area contributed by atoms with Gasteiger partial charge in [0.2, 0.25) is 0 Å². The molecule has 1 N–H and O–H groups in total. The first-order valence-electron chi connectivity index (χ1n) is 7.47. The highest BCUT2D eigenvalue weighted by Gasteiger charge is 2.25. The fourth-order valence-corrected chi connectivity index (χ4v) is 2.75. The number of amides is 1. The van der Waals surface area contributed by atoms with Gasteiger partial charge in [0, 0.05) is 44.6 Å². The van der Waals surface area contributed by atoms with Gasteiger partial charge in [-0.15, -0.1) is 0 Å². The minimum atomic E-state index is 0.0570. The summed E-state index contributed by atoms with van der Waals surface area (Å²) in [6.45, 7) is 1.48. The van der Waals surface area contributed by atoms with Crippen LogP contribution in [-0.2, 0) is 0 Å². The van der Waals surface area contributed by atoms with E-state index in [1.807, 2.05) is 24.2 Å². The molecule has 0 aromatic carbocycles. The van der Waals surface area contributed by atoms with E-state index in [1.54, 1.807) is 24.7 Å². The Morgan fingerprint density at radius 2 is 2.05 bits per heavy atom. The number of anilines is 1. The molecule has 3 rings (SSSR count). The molecule has 0 saturated carbocycles. The molecular weight excluding hydrogens is 278 g/mol. The molecule has 1 saturated heterocycles. The molecule has 2 aromatic rings. The maximum atomic E-state index is 12.4. The first-order chi connectivity index (χ1) is 10.8. The van der Waals surface area contributed by atoms with Crippen LogP contribution in [0.1, 0.15) is 34.8 Å². The highest BCUT2D eigenvalue weighted by Crippen LogP contribution is 2.27. The highest BCUT2D eigenvalue weighted by atomic mass is 16.2. The fourth-order valence-electron chi connectivity index (χ4n) is 2.75. The molecule has 2 aromatic heterocycles. The van der Waals surface area contributed by atoms with Crippen LogP contribution in [0.2, 0.25) is 0 Å². The van der Waals surface area contributed by atoms with E-state index in [0.29, 0.717) is 11.5 Å². The number of aromatic nitrogens is 3. The standard InChI is InChI=1S/C16H19N5O/c1-17-15-11-19-10-14(20-15)12-4-7-21(8-5-12)16(22)13-3-2-6-18-9-13/h2-3,6,9-12H,4-5,7-8H2,1H3,(H,17,20). The Labute approximate surface area is 129 Å². The third-order valence-electron chi connectivity index (χ3n) is 4.02. The van der Waals surface area contributed by atoms with Crippen LogP contribution in [0.25, 0.3) is 0 Å². The van der Waals surface area contributed by atoms with Gasteiger partial charge in [0.05, 0.1) is 17.5 Å². The lowest BCUT2D eigenvalue weighted by atomic mass is 9.93. The van der Waals surface area contributed by atoms with Crippen molar-refractivity contribution in [2.75, 3.05) is 25.5 Å². The minimum Gasteiger partial charge on any atom is -0.372 e. The average molecular weight is 297 g/mol. The summed E-state index contributed by atoms with van der Waals surface area (Å²) in [6, 6.07) is 3.60. The molecule has 0 bridgehead atoms. The number of carbonyl (C=O) groups excluding carboxylic acids is 1. The van der Waals surface area contributed by atoms with Crippen LogP contribution in [0.5, 0.6) is 0 Å². The quantitative estimate of drug-likeness (QED) is 0.937. The van der Waals surface area contributed by atoms with Gasteiger partial charge in [0.1, 0.15) is 5.82 Å². The molecule has 0 atom stereocenters. The van der Waals surface area contributed by atoms with Gasteiger partial charge >= 0.3 is 0 Å². The van der Waals surface area contributed by atoms with Crippen molar-refractivity contribution < 1.29 is 4.79 Å². The number of pyridine rings is 1. The van der Waals surface area contributed by atoms with E-state index >= 15 is 0 Å². The first-order valence-corrected chi connectivity index (χ1v) is 7.47. The highest BCUT2D eigenvalue weighted by molar-refractivity contribution is 5.93. The van der Waals surface area contributed by atoms with Crippen molar-refractivity contribution in [2.45, 2.75) is 18.8 Å². The van der Waals surface area contributed by atoms with E-state index in [0.717, 1.165) is 37.4 Å². The Bertz CT molecular complexity index is 638. The fraction of sp³-hybridized carbons (Fsp3) is 0.375. The van der Waals surface area contributed by atoms with E-state index in [2.05, 4.69) is 20.3 Å². The molecule has 0 unspecified atom stereocenters. The lowest BCUT2D eigenvalue weighted by Gasteiger charge is -2.31. The summed E-state index contributed by atoms with van der Waals surface area (Å²) in [5, 5.41) is 3.01. The maximum Gasteiger partial charge on any atom is 0.255 e. The van der Waals surface area contributed by atoms with Crippen molar-refractivity contribution in [1.29, 1.82) is 0 Å². The van der Waals surface area contributed by atoms with Crippen LogP contribution in [-0.4, -0.2) is 45.9 Å². The number of carbonyl (C=O) groups is 1. The summed E-state index contributed by atoms with van der Waals surface area (Å²) in [5.74, 6) is 1.20. The van der Waals surface area contributed by atoms with Gasteiger partial charge in [-0.3, -0.25) is 14.8 Å². The summed E-state index contributed by atoms with van der Waals surface area (Å²) in [5.41, 5.74) is 1.65. The van der Waals surface area contributed by atoms with Gasteiger partial charge < -0.3 is 10.2 Å². The lowest BCUT2D eigenvalue weighted by Crippen LogP contribution is -2.38. The second-order valence-electron chi connectivity index (χ2n) is 5.39. The van der Waals surface area contributed by atoms with Crippen LogP contribution in [0, 0.1) is 0 Å². The Morgan fingerprint density at radius 3 is 2.73 bits per heavy atom. The number of nitrogens with one attached hydrogen (secondary N) is 1. The predicted molar refractivity (Wildman–Crippen MR) is 83.7 cm³/mol. The van der Waals surface area contributed by atoms with E-state index in [-0.39, 0.29) is 5.91 Å². The van der Waals surface area contributed by atoms with Crippen LogP contribution in [0.4, 0.5) is 5.82 Å². The van der Waals surface area contributed by atoms with Gasteiger partial charge in [-0.05, 0) is 25.0 Å². The van der Waals surface area contributed by atoms with E-state index in [1.165, 1.54) is 0 Å². The van der Waals surface area contributed by atoms with E-state index in [9.17, 15) is 4.79 Å². The summed E-state index contributed by atoms with van der Waals surface area (Å²) in [4.78, 5) is 27.1. The third kappa shape index (κ3) is 3.05. The smallest absolute Gasteiger partial charge is 0.255 e. The zero-order chi connectivity index (χ0) is 15.4. The van der Waals surface area contributed by atoms with Crippen molar-refractivity contribution in [3.8, 4) is 0 Å². The monoisotopic (exact) mass is 297 g/mol. The van der Waals surface area contributed by atoms with Gasteiger partial charge in [0.25, 0.3) is 5.91 Å². The first kappa shape index (κ1) is 14.4. The number of hydrogen-bond donors (Lipinski definition) is 1. The Morgan fingerprint density at radius 1 is 1.23 bits per heavy atom. The summed E-state index contributed by atoms with van der Waals surface area (Å²) < 4.78 is 0. The number of rotatable bonds is 3. The van der Waals surface area contributed by atoms with Crippen molar-refractivity contribution in [1.82, 2.24) is 19.9 Å². The molecule has 22 heavy (non-hydrogen) atoms. The largest absolute Gasteiger partial charge is 0.372 e. The summed E-state index contributed by atoms with van der Waals surface area (Å²) >= 11 is 0. The van der Waals surface area contributed by atoms with Gasteiger partial charge in [-0.2, -0.15) is 0 Å². The minimum absolute atomic E-state index is 0.0570. The van der Waals surface area contributed by atoms with Crippen LogP contribution in [0.15, 0.2) is 36.9 Å². The average Bonchev–Trinajstić information content (AvgIpc) is 2.62. The van der Waals surface area contributed by atoms with E-state index < -0.39 is 0 Å². The number of hydrogen-bond acceptors (Lipinski definition) is 5. The molecule has 6 heteroatoms. The predicted octanol–water partition coefficient (Wildman–Crippen LogP) is 1.93. The topological polar surface area (TPSA) is 71.0 Å². The lowest BCUT2D eigenvalue weighted by molar-refractivity contribution is 0.0711. The molecule has 114 valence electrons. The zero-order valence-corrected chi connectivity index (χ0v) is 12.6. The van der Waals surface area contributed by atoms with Gasteiger partial charge in [-0.25, -0.2) is 4.98 Å². The number of nitrogens with zero attached hydrogens (tertiary/aromatic N) is 4. The normalized spacial score (nSPS) is 15.6. The van der Waals surface area contributed by atoms with Crippen LogP contribution < -0.4 is 5.32 Å². The Hall–Kier alpha value is -2.50. The van der Waals surface area contributed by atoms with Crippen LogP contribution >= 0.6 is 0 Å². The number of likely N-dealkylation sites (tertiary alicyclic amines) is 1. The van der Waals surface area contributed by atoms with Crippen molar-refractivity contribution >= 4 is 11.7 Å². The second-order valence-corrected chi connectivity index (χ2v) is 5.39. The van der Waals surface area contributed by atoms with Crippen molar-refractivity contribution in [3.05, 3.63) is 48.2 Å². The molecule has 1 fully saturated rings. The molecule has 1 aliphatic heterocycles. The molecule has 0 aliphatic carbocycles. The molecule has 1 amide bonds. The van der Waals surface area contributed by atoms with Crippen molar-refractivity contribution in [3.63, 3.8) is 0 Å². The van der Waals surface area contributed by atoms with Crippen LogP contribution in [0.3, 0.4) is 0 Å². The van der Waals surface area contributed by atoms with Gasteiger partial charge in [-0.1, -0.05) is 0 Å². The van der Waals surface area contributed by atoms with Crippen molar-refractivity contribution in [2.24, 2.45) is 0 Å². The van der Waals surface area contributed by atoms with E-state index in [4.69, 9.17) is 0 Å². The Balaban J connectivity index is 1.64. The molecule has 6 nitrogen and oxygen atoms in total. The SMILES string of the molecule is CNc1cncc(C2CCN(C(=O)c3cccnc3)CC2)n1. The molecule has 0 spiro atoms. The molecule has 0 radical (unpaired) electrons. The summed E-state index contributed by atoms with van der Waals surface area (Å²) in [7, 11) is 1.84. The Kier molecular flexibility index (Phi) is 4.27. The van der Waals surface area contributed by atoms with Gasteiger partial charge in [0.15, 0.2) is 0 Å². The molecule has 3 heterocycles. The third-order valence-corrected chi connectivity index (χ3v) is 4.02. The summed E-state index contributed by atoms with van der Waals surface area (Å²) in [6.07, 6.45) is 8.66. The number of piperidine rings is 1. The zero-order valence-electron chi connectivity index (χ0n) is 12.6. The maximum absolute atomic E-state index is 12.4.